The second kappa shape index (κ2) is 8.13. The average molecular weight is 285 g/mol. The van der Waals surface area contributed by atoms with Gasteiger partial charge in [0.25, 0.3) is 0 Å². The maximum atomic E-state index is 3.53. The highest BCUT2D eigenvalue weighted by Crippen LogP contribution is 2.26. The number of hydrogen-bond acceptors (Lipinski definition) is 2. The zero-order chi connectivity index (χ0) is 14.2. The second-order valence-corrected chi connectivity index (χ2v) is 6.42. The average Bonchev–Trinajstić information content (AvgIpc) is 2.47. The standard InChI is InChI=1S/C18H23NS/c1-15(2)12-19-13-17-10-6-7-11-18(17)20-14-16-8-4-3-5-9-16/h3-11,15,19H,12-14H2,1-2H3. The molecule has 2 aromatic carbocycles. The van der Waals surface area contributed by atoms with Crippen LogP contribution >= 0.6 is 11.8 Å². The van der Waals surface area contributed by atoms with Gasteiger partial charge in [-0.2, -0.15) is 0 Å². The van der Waals surface area contributed by atoms with Crippen LogP contribution in [0.25, 0.3) is 0 Å². The molecule has 0 saturated carbocycles. The SMILES string of the molecule is CC(C)CNCc1ccccc1SCc1ccccc1. The van der Waals surface area contributed by atoms with Gasteiger partial charge in [-0.1, -0.05) is 62.4 Å². The lowest BCUT2D eigenvalue weighted by molar-refractivity contribution is 0.550. The summed E-state index contributed by atoms with van der Waals surface area (Å²) in [5, 5.41) is 3.53. The molecule has 0 atom stereocenters. The largest absolute Gasteiger partial charge is 0.312 e. The third-order valence-electron chi connectivity index (χ3n) is 3.08. The predicted octanol–water partition coefficient (Wildman–Crippen LogP) is 4.72. The van der Waals surface area contributed by atoms with Gasteiger partial charge in [-0.25, -0.2) is 0 Å². The summed E-state index contributed by atoms with van der Waals surface area (Å²) >= 11 is 1.92. The zero-order valence-corrected chi connectivity index (χ0v) is 13.1. The second-order valence-electron chi connectivity index (χ2n) is 5.41. The molecule has 0 aliphatic heterocycles. The fourth-order valence-corrected chi connectivity index (χ4v) is 3.04. The Morgan fingerprint density at radius 3 is 2.40 bits per heavy atom. The number of rotatable bonds is 7. The maximum Gasteiger partial charge on any atom is 0.0232 e. The summed E-state index contributed by atoms with van der Waals surface area (Å²) in [7, 11) is 0. The van der Waals surface area contributed by atoms with E-state index in [-0.39, 0.29) is 0 Å². The van der Waals surface area contributed by atoms with Crippen LogP contribution in [-0.2, 0) is 12.3 Å². The molecule has 106 valence electrons. The van der Waals surface area contributed by atoms with E-state index in [1.807, 2.05) is 11.8 Å². The van der Waals surface area contributed by atoms with Gasteiger partial charge in [-0.05, 0) is 29.7 Å². The molecule has 0 amide bonds. The van der Waals surface area contributed by atoms with Crippen LogP contribution in [0.2, 0.25) is 0 Å². The Hall–Kier alpha value is -1.25. The van der Waals surface area contributed by atoms with E-state index in [9.17, 15) is 0 Å². The lowest BCUT2D eigenvalue weighted by Gasteiger charge is -2.11. The van der Waals surface area contributed by atoms with E-state index in [1.54, 1.807) is 0 Å². The van der Waals surface area contributed by atoms with Gasteiger partial charge in [-0.3, -0.25) is 0 Å². The van der Waals surface area contributed by atoms with Crippen molar-refractivity contribution in [2.24, 2.45) is 5.92 Å². The van der Waals surface area contributed by atoms with E-state index >= 15 is 0 Å². The Labute approximate surface area is 126 Å². The van der Waals surface area contributed by atoms with E-state index in [4.69, 9.17) is 0 Å². The topological polar surface area (TPSA) is 12.0 Å². The van der Waals surface area contributed by atoms with Crippen molar-refractivity contribution in [1.82, 2.24) is 5.32 Å². The molecule has 0 aliphatic rings. The molecule has 2 heteroatoms. The predicted molar refractivity (Wildman–Crippen MR) is 89.0 cm³/mol. The Kier molecular flexibility index (Phi) is 6.16. The van der Waals surface area contributed by atoms with Gasteiger partial charge in [0.1, 0.15) is 0 Å². The number of nitrogens with one attached hydrogen (secondary N) is 1. The van der Waals surface area contributed by atoms with Gasteiger partial charge in [0.15, 0.2) is 0 Å². The molecule has 0 bridgehead atoms. The molecular weight excluding hydrogens is 262 g/mol. The van der Waals surface area contributed by atoms with Crippen LogP contribution in [0, 0.1) is 5.92 Å². The minimum atomic E-state index is 0.694. The first-order valence-electron chi connectivity index (χ1n) is 7.21. The lowest BCUT2D eigenvalue weighted by Crippen LogP contribution is -2.19. The summed E-state index contributed by atoms with van der Waals surface area (Å²) in [5.41, 5.74) is 2.77. The molecule has 0 saturated heterocycles. The quantitative estimate of drug-likeness (QED) is 0.738. The van der Waals surface area contributed by atoms with Crippen molar-refractivity contribution in [3.8, 4) is 0 Å². The number of hydrogen-bond donors (Lipinski definition) is 1. The zero-order valence-electron chi connectivity index (χ0n) is 12.3. The molecule has 0 aliphatic carbocycles. The van der Waals surface area contributed by atoms with Crippen molar-refractivity contribution in [1.29, 1.82) is 0 Å². The molecule has 0 fully saturated rings. The van der Waals surface area contributed by atoms with Crippen LogP contribution in [0.15, 0.2) is 59.5 Å². The van der Waals surface area contributed by atoms with Crippen LogP contribution in [0.5, 0.6) is 0 Å². The van der Waals surface area contributed by atoms with Crippen molar-refractivity contribution >= 4 is 11.8 Å². The Balaban J connectivity index is 1.93. The van der Waals surface area contributed by atoms with Gasteiger partial charge < -0.3 is 5.32 Å². The van der Waals surface area contributed by atoms with Gasteiger partial charge in [0.05, 0.1) is 0 Å². The van der Waals surface area contributed by atoms with E-state index in [2.05, 4.69) is 73.8 Å². The molecule has 0 spiro atoms. The van der Waals surface area contributed by atoms with Crippen LogP contribution in [0.3, 0.4) is 0 Å². The molecule has 1 N–H and O–H groups in total. The van der Waals surface area contributed by atoms with E-state index < -0.39 is 0 Å². The molecule has 0 unspecified atom stereocenters. The smallest absolute Gasteiger partial charge is 0.0232 e. The van der Waals surface area contributed by atoms with Gasteiger partial charge in [0, 0.05) is 17.2 Å². The summed E-state index contributed by atoms with van der Waals surface area (Å²) in [6.45, 7) is 6.50. The maximum absolute atomic E-state index is 3.53. The van der Waals surface area contributed by atoms with Gasteiger partial charge >= 0.3 is 0 Å². The Bertz CT molecular complexity index is 508. The molecule has 2 rings (SSSR count). The third kappa shape index (κ3) is 5.03. The molecule has 2 aromatic rings. The first-order chi connectivity index (χ1) is 9.75. The van der Waals surface area contributed by atoms with Crippen LogP contribution in [0.1, 0.15) is 25.0 Å². The van der Waals surface area contributed by atoms with Crippen molar-refractivity contribution in [3.63, 3.8) is 0 Å². The number of thioether (sulfide) groups is 1. The van der Waals surface area contributed by atoms with Crippen LogP contribution in [0.4, 0.5) is 0 Å². The lowest BCUT2D eigenvalue weighted by atomic mass is 10.2. The van der Waals surface area contributed by atoms with E-state index in [0.717, 1.165) is 18.8 Å². The minimum Gasteiger partial charge on any atom is -0.312 e. The summed E-state index contributed by atoms with van der Waals surface area (Å²) in [5.74, 6) is 1.72. The van der Waals surface area contributed by atoms with Crippen molar-refractivity contribution < 1.29 is 0 Å². The van der Waals surface area contributed by atoms with Gasteiger partial charge in [0.2, 0.25) is 0 Å². The fourth-order valence-electron chi connectivity index (χ4n) is 2.02. The molecule has 20 heavy (non-hydrogen) atoms. The summed E-state index contributed by atoms with van der Waals surface area (Å²) in [4.78, 5) is 1.38. The molecule has 0 radical (unpaired) electrons. The highest BCUT2D eigenvalue weighted by Gasteiger charge is 2.03. The molecular formula is C18H23NS. The van der Waals surface area contributed by atoms with Crippen LogP contribution in [-0.4, -0.2) is 6.54 Å². The highest BCUT2D eigenvalue weighted by molar-refractivity contribution is 7.98. The van der Waals surface area contributed by atoms with Crippen molar-refractivity contribution in [3.05, 3.63) is 65.7 Å². The monoisotopic (exact) mass is 285 g/mol. The first-order valence-corrected chi connectivity index (χ1v) is 8.19. The third-order valence-corrected chi connectivity index (χ3v) is 4.26. The molecule has 0 aromatic heterocycles. The van der Waals surface area contributed by atoms with Crippen molar-refractivity contribution in [2.75, 3.05) is 6.54 Å². The minimum absolute atomic E-state index is 0.694. The molecule has 0 heterocycles. The summed E-state index contributed by atoms with van der Waals surface area (Å²) < 4.78 is 0. The molecule has 1 nitrogen and oxygen atoms in total. The Morgan fingerprint density at radius 2 is 1.65 bits per heavy atom. The normalized spacial score (nSPS) is 10.9. The Morgan fingerprint density at radius 1 is 0.950 bits per heavy atom. The fraction of sp³-hybridized carbons (Fsp3) is 0.333. The summed E-state index contributed by atoms with van der Waals surface area (Å²) in [6.07, 6.45) is 0. The first kappa shape index (κ1) is 15.1. The van der Waals surface area contributed by atoms with E-state index in [0.29, 0.717) is 5.92 Å². The number of benzene rings is 2. The van der Waals surface area contributed by atoms with Crippen LogP contribution < -0.4 is 5.32 Å². The summed E-state index contributed by atoms with van der Waals surface area (Å²) in [6, 6.07) is 19.3. The van der Waals surface area contributed by atoms with Gasteiger partial charge in [-0.15, -0.1) is 11.8 Å². The highest BCUT2D eigenvalue weighted by atomic mass is 32.2. The van der Waals surface area contributed by atoms with Crippen molar-refractivity contribution in [2.45, 2.75) is 31.0 Å². The van der Waals surface area contributed by atoms with E-state index in [1.165, 1.54) is 16.0 Å².